The minimum atomic E-state index is -0.337. The molecule has 138 valence electrons. The molecule has 0 aliphatic heterocycles. The van der Waals surface area contributed by atoms with Gasteiger partial charge in [0.25, 0.3) is 5.91 Å². The Morgan fingerprint density at radius 3 is 2.37 bits per heavy atom. The van der Waals surface area contributed by atoms with E-state index in [2.05, 4.69) is 5.32 Å². The molecule has 3 aromatic rings. The molecule has 0 saturated heterocycles. The Morgan fingerprint density at radius 2 is 1.74 bits per heavy atom. The third-order valence-electron chi connectivity index (χ3n) is 3.91. The average molecular weight is 380 g/mol. The van der Waals surface area contributed by atoms with Gasteiger partial charge in [0.05, 0.1) is 4.88 Å². The normalized spacial score (nSPS) is 10.3. The topological polar surface area (TPSA) is 58.6 Å². The minimum absolute atomic E-state index is 0.156. The maximum absolute atomic E-state index is 12.2. The van der Waals surface area contributed by atoms with E-state index in [1.165, 1.54) is 11.3 Å². The second kappa shape index (κ2) is 9.00. The Balaban J connectivity index is 1.56. The second-order valence-electron chi connectivity index (χ2n) is 5.78. The van der Waals surface area contributed by atoms with Crippen molar-refractivity contribution in [2.45, 2.75) is 6.92 Å². The molecule has 1 amide bonds. The Hall–Kier alpha value is -3.12. The zero-order valence-electron chi connectivity index (χ0n) is 14.9. The summed E-state index contributed by atoms with van der Waals surface area (Å²) >= 11 is 1.38. The average Bonchev–Trinajstić information content (AvgIpc) is 3.23. The SMILES string of the molecule is CCN(CC(=O)Oc1ccc(NC(=O)c2cccs2)cc1)c1ccccc1. The summed E-state index contributed by atoms with van der Waals surface area (Å²) in [6.45, 7) is 2.86. The molecule has 1 heterocycles. The zero-order chi connectivity index (χ0) is 19.1. The summed E-state index contributed by atoms with van der Waals surface area (Å²) in [5, 5.41) is 4.66. The third kappa shape index (κ3) is 5.18. The van der Waals surface area contributed by atoms with Gasteiger partial charge in [-0.05, 0) is 54.8 Å². The first-order valence-electron chi connectivity index (χ1n) is 8.61. The van der Waals surface area contributed by atoms with Gasteiger partial charge in [-0.3, -0.25) is 4.79 Å². The highest BCUT2D eigenvalue weighted by molar-refractivity contribution is 7.12. The highest BCUT2D eigenvalue weighted by atomic mass is 32.1. The van der Waals surface area contributed by atoms with Gasteiger partial charge < -0.3 is 15.0 Å². The van der Waals surface area contributed by atoms with Gasteiger partial charge in [-0.25, -0.2) is 4.79 Å². The quantitative estimate of drug-likeness (QED) is 0.487. The van der Waals surface area contributed by atoms with Crippen LogP contribution in [-0.4, -0.2) is 25.0 Å². The van der Waals surface area contributed by atoms with E-state index in [0.29, 0.717) is 22.9 Å². The molecular formula is C21H20N2O3S. The van der Waals surface area contributed by atoms with Gasteiger partial charge in [-0.15, -0.1) is 11.3 Å². The van der Waals surface area contributed by atoms with E-state index >= 15 is 0 Å². The van der Waals surface area contributed by atoms with Crippen LogP contribution in [0.3, 0.4) is 0 Å². The molecular weight excluding hydrogens is 360 g/mol. The first-order valence-corrected chi connectivity index (χ1v) is 9.49. The van der Waals surface area contributed by atoms with Crippen molar-refractivity contribution in [1.82, 2.24) is 0 Å². The van der Waals surface area contributed by atoms with Crippen molar-refractivity contribution in [2.24, 2.45) is 0 Å². The molecule has 0 spiro atoms. The Bertz CT molecular complexity index is 878. The fraction of sp³-hybridized carbons (Fsp3) is 0.143. The lowest BCUT2D eigenvalue weighted by Gasteiger charge is -2.21. The van der Waals surface area contributed by atoms with Gasteiger partial charge in [0.2, 0.25) is 0 Å². The lowest BCUT2D eigenvalue weighted by atomic mass is 10.3. The zero-order valence-corrected chi connectivity index (χ0v) is 15.7. The van der Waals surface area contributed by atoms with Crippen LogP contribution in [0.2, 0.25) is 0 Å². The van der Waals surface area contributed by atoms with Crippen LogP contribution in [0.15, 0.2) is 72.1 Å². The molecule has 6 heteroatoms. The first kappa shape index (κ1) is 18.7. The van der Waals surface area contributed by atoms with E-state index < -0.39 is 0 Å². The number of para-hydroxylation sites is 1. The molecule has 0 aliphatic carbocycles. The van der Waals surface area contributed by atoms with Crippen LogP contribution < -0.4 is 15.0 Å². The Morgan fingerprint density at radius 1 is 1.00 bits per heavy atom. The van der Waals surface area contributed by atoms with Crippen LogP contribution in [-0.2, 0) is 4.79 Å². The van der Waals surface area contributed by atoms with E-state index in [1.54, 1.807) is 30.3 Å². The number of nitrogens with zero attached hydrogens (tertiary/aromatic N) is 1. The largest absolute Gasteiger partial charge is 0.425 e. The van der Waals surface area contributed by atoms with Crippen LogP contribution in [0.25, 0.3) is 0 Å². The highest BCUT2D eigenvalue weighted by Gasteiger charge is 2.12. The summed E-state index contributed by atoms with van der Waals surface area (Å²) < 4.78 is 5.41. The molecule has 0 aliphatic rings. The van der Waals surface area contributed by atoms with Gasteiger partial charge in [0.15, 0.2) is 0 Å². The lowest BCUT2D eigenvalue weighted by Crippen LogP contribution is -2.32. The minimum Gasteiger partial charge on any atom is -0.425 e. The molecule has 0 fully saturated rings. The van der Waals surface area contributed by atoms with Crippen LogP contribution in [0.5, 0.6) is 5.75 Å². The summed E-state index contributed by atoms with van der Waals surface area (Å²) in [7, 11) is 0. The number of anilines is 2. The van der Waals surface area contributed by atoms with Gasteiger partial charge in [0.1, 0.15) is 12.3 Å². The monoisotopic (exact) mass is 380 g/mol. The summed E-state index contributed by atoms with van der Waals surface area (Å²) in [5.74, 6) is -0.0505. The smallest absolute Gasteiger partial charge is 0.330 e. The summed E-state index contributed by atoms with van der Waals surface area (Å²) in [6, 6.07) is 20.1. The molecule has 0 bridgehead atoms. The van der Waals surface area contributed by atoms with Crippen molar-refractivity contribution in [2.75, 3.05) is 23.3 Å². The summed E-state index contributed by atoms with van der Waals surface area (Å²) in [4.78, 5) is 26.9. The molecule has 1 aromatic heterocycles. The van der Waals surface area contributed by atoms with Crippen LogP contribution in [0.4, 0.5) is 11.4 Å². The van der Waals surface area contributed by atoms with Gasteiger partial charge >= 0.3 is 5.97 Å². The molecule has 3 rings (SSSR count). The maximum atomic E-state index is 12.2. The van der Waals surface area contributed by atoms with Crippen LogP contribution in [0, 0.1) is 0 Å². The second-order valence-corrected chi connectivity index (χ2v) is 6.73. The highest BCUT2D eigenvalue weighted by Crippen LogP contribution is 2.19. The number of carbonyl (C=O) groups is 2. The maximum Gasteiger partial charge on any atom is 0.330 e. The molecule has 27 heavy (non-hydrogen) atoms. The van der Waals surface area contributed by atoms with Crippen LogP contribution in [0.1, 0.15) is 16.6 Å². The fourth-order valence-corrected chi connectivity index (χ4v) is 3.17. The number of hydrogen-bond acceptors (Lipinski definition) is 5. The Labute approximate surface area is 162 Å². The van der Waals surface area contributed by atoms with Crippen molar-refractivity contribution in [1.29, 1.82) is 0 Å². The first-order chi connectivity index (χ1) is 13.2. The number of amides is 1. The van der Waals surface area contributed by atoms with Crippen molar-refractivity contribution in [3.63, 3.8) is 0 Å². The number of thiophene rings is 1. The number of esters is 1. The van der Waals surface area contributed by atoms with E-state index in [0.717, 1.165) is 5.69 Å². The van der Waals surface area contributed by atoms with E-state index in [1.807, 2.05) is 53.6 Å². The number of hydrogen-bond donors (Lipinski definition) is 1. The van der Waals surface area contributed by atoms with E-state index in [-0.39, 0.29) is 18.4 Å². The molecule has 2 aromatic carbocycles. The van der Waals surface area contributed by atoms with Crippen molar-refractivity contribution < 1.29 is 14.3 Å². The number of benzene rings is 2. The van der Waals surface area contributed by atoms with Crippen molar-refractivity contribution >= 4 is 34.6 Å². The number of ether oxygens (including phenoxy) is 1. The van der Waals surface area contributed by atoms with Gasteiger partial charge in [-0.1, -0.05) is 24.3 Å². The van der Waals surface area contributed by atoms with E-state index in [9.17, 15) is 9.59 Å². The molecule has 0 radical (unpaired) electrons. The fourth-order valence-electron chi connectivity index (χ4n) is 2.55. The molecule has 0 atom stereocenters. The molecule has 0 saturated carbocycles. The standard InChI is InChI=1S/C21H20N2O3S/c1-2-23(17-7-4-3-5-8-17)15-20(24)26-18-12-10-16(11-13-18)22-21(25)19-9-6-14-27-19/h3-14H,2,15H2,1H3,(H,22,25). The van der Waals surface area contributed by atoms with Crippen molar-refractivity contribution in [3.05, 3.63) is 77.0 Å². The van der Waals surface area contributed by atoms with Crippen LogP contribution >= 0.6 is 11.3 Å². The van der Waals surface area contributed by atoms with Gasteiger partial charge in [0, 0.05) is 17.9 Å². The third-order valence-corrected chi connectivity index (χ3v) is 4.78. The number of nitrogens with one attached hydrogen (secondary N) is 1. The number of likely N-dealkylation sites (N-methyl/N-ethyl adjacent to an activating group) is 1. The molecule has 0 unspecified atom stereocenters. The van der Waals surface area contributed by atoms with Crippen molar-refractivity contribution in [3.8, 4) is 5.75 Å². The predicted octanol–water partition coefficient (Wildman–Crippen LogP) is 4.43. The Kier molecular flexibility index (Phi) is 6.22. The summed E-state index contributed by atoms with van der Waals surface area (Å²) in [6.07, 6.45) is 0. The predicted molar refractivity (Wildman–Crippen MR) is 109 cm³/mol. The molecule has 5 nitrogen and oxygen atoms in total. The molecule has 1 N–H and O–H groups in total. The number of carbonyl (C=O) groups excluding carboxylic acids is 2. The lowest BCUT2D eigenvalue weighted by molar-refractivity contribution is -0.132. The van der Waals surface area contributed by atoms with E-state index in [4.69, 9.17) is 4.74 Å². The number of rotatable bonds is 7. The van der Waals surface area contributed by atoms with Gasteiger partial charge in [-0.2, -0.15) is 0 Å². The summed E-state index contributed by atoms with van der Waals surface area (Å²) in [5.41, 5.74) is 1.62.